The van der Waals surface area contributed by atoms with Gasteiger partial charge in [-0.05, 0) is 30.3 Å². The van der Waals surface area contributed by atoms with Crippen LogP contribution in [0.3, 0.4) is 0 Å². The van der Waals surface area contributed by atoms with Crippen LogP contribution in [0.1, 0.15) is 0 Å². The third kappa shape index (κ3) is 6.84. The molecule has 0 spiro atoms. The average Bonchev–Trinajstić information content (AvgIpc) is 2.78. The molecular formula is C20H18Cl2F3N5O4S. The van der Waals surface area contributed by atoms with Crippen LogP contribution in [-0.4, -0.2) is 61.8 Å². The van der Waals surface area contributed by atoms with E-state index in [2.05, 4.69) is 24.9 Å². The summed E-state index contributed by atoms with van der Waals surface area (Å²) in [7, 11) is -3.93. The van der Waals surface area contributed by atoms with Gasteiger partial charge in [-0.25, -0.2) is 18.2 Å². The van der Waals surface area contributed by atoms with Gasteiger partial charge in [0.15, 0.2) is 5.82 Å². The van der Waals surface area contributed by atoms with E-state index in [4.69, 9.17) is 33.1 Å². The minimum atomic E-state index is -5.08. The molecule has 4 rings (SSSR count). The molecule has 1 fully saturated rings. The molecule has 0 bridgehead atoms. The summed E-state index contributed by atoms with van der Waals surface area (Å²) in [4.78, 5) is 19.9. The van der Waals surface area contributed by atoms with Crippen molar-refractivity contribution in [2.75, 3.05) is 35.8 Å². The van der Waals surface area contributed by atoms with Crippen LogP contribution >= 0.6 is 23.2 Å². The molecule has 15 heteroatoms. The van der Waals surface area contributed by atoms with E-state index in [1.165, 1.54) is 18.2 Å². The van der Waals surface area contributed by atoms with Crippen molar-refractivity contribution < 1.29 is 31.5 Å². The van der Waals surface area contributed by atoms with E-state index in [1.54, 1.807) is 18.3 Å². The quantitative estimate of drug-likeness (QED) is 0.447. The molecule has 0 saturated carbocycles. The zero-order chi connectivity index (χ0) is 25.8. The van der Waals surface area contributed by atoms with Crippen LogP contribution in [0.5, 0.6) is 0 Å². The van der Waals surface area contributed by atoms with Crippen LogP contribution in [-0.2, 0) is 14.8 Å². The normalized spacial score (nSPS) is 14.3. The van der Waals surface area contributed by atoms with Crippen molar-refractivity contribution in [1.82, 2.24) is 15.3 Å². The summed E-state index contributed by atoms with van der Waals surface area (Å²) in [6.07, 6.45) is -3.38. The van der Waals surface area contributed by atoms with Crippen LogP contribution in [0.4, 0.5) is 24.8 Å². The van der Waals surface area contributed by atoms with Gasteiger partial charge in [-0.15, -0.1) is 0 Å². The van der Waals surface area contributed by atoms with Crippen molar-refractivity contribution in [2.45, 2.75) is 11.1 Å². The summed E-state index contributed by atoms with van der Waals surface area (Å²) in [6.45, 7) is 3.18. The number of nitrogens with one attached hydrogen (secondary N) is 2. The Balaban J connectivity index is 0.000000429. The first-order valence-electron chi connectivity index (χ1n) is 9.88. The lowest BCUT2D eigenvalue weighted by atomic mass is 10.2. The molecular weight excluding hydrogens is 534 g/mol. The second kappa shape index (κ2) is 10.8. The first-order valence-corrected chi connectivity index (χ1v) is 12.1. The van der Waals surface area contributed by atoms with E-state index in [0.717, 1.165) is 37.1 Å². The van der Waals surface area contributed by atoms with Gasteiger partial charge in [-0.2, -0.15) is 13.2 Å². The molecule has 9 nitrogen and oxygen atoms in total. The topological polar surface area (TPSA) is 125 Å². The number of halogens is 5. The Morgan fingerprint density at radius 3 is 2.40 bits per heavy atom. The molecule has 0 unspecified atom stereocenters. The van der Waals surface area contributed by atoms with Crippen molar-refractivity contribution in [3.05, 3.63) is 52.6 Å². The fraction of sp³-hybridized carbons (Fsp3) is 0.250. The zero-order valence-corrected chi connectivity index (χ0v) is 20.0. The molecule has 0 aliphatic carbocycles. The molecule has 1 aromatic carbocycles. The minimum Gasteiger partial charge on any atom is -0.475 e. The SMILES string of the molecule is O=C(O)C(F)(F)F.O=S(=O)(Nc1cc2cccnc2c(N2CCNCC2)n1)c1ccc(Cl)cc1Cl. The van der Waals surface area contributed by atoms with Crippen molar-refractivity contribution in [3.8, 4) is 0 Å². The van der Waals surface area contributed by atoms with Crippen molar-refractivity contribution in [3.63, 3.8) is 0 Å². The van der Waals surface area contributed by atoms with E-state index in [0.29, 0.717) is 10.8 Å². The number of rotatable bonds is 4. The molecule has 1 aliphatic heterocycles. The Morgan fingerprint density at radius 1 is 1.14 bits per heavy atom. The average molecular weight is 552 g/mol. The van der Waals surface area contributed by atoms with Gasteiger partial charge in [0, 0.05) is 42.8 Å². The fourth-order valence-electron chi connectivity index (χ4n) is 3.10. The molecule has 0 amide bonds. The lowest BCUT2D eigenvalue weighted by Gasteiger charge is -2.29. The monoisotopic (exact) mass is 551 g/mol. The predicted octanol–water partition coefficient (Wildman–Crippen LogP) is 3.78. The number of pyridine rings is 2. The molecule has 2 aromatic heterocycles. The lowest BCUT2D eigenvalue weighted by molar-refractivity contribution is -0.192. The molecule has 3 aromatic rings. The summed E-state index contributed by atoms with van der Waals surface area (Å²) in [5.41, 5.74) is 0.733. The maximum absolute atomic E-state index is 12.8. The Labute approximate surface area is 207 Å². The first-order chi connectivity index (χ1) is 16.4. The van der Waals surface area contributed by atoms with Gasteiger partial charge < -0.3 is 15.3 Å². The van der Waals surface area contributed by atoms with Crippen molar-refractivity contribution >= 4 is 61.7 Å². The zero-order valence-electron chi connectivity index (χ0n) is 17.7. The Kier molecular flexibility index (Phi) is 8.26. The summed E-state index contributed by atoms with van der Waals surface area (Å²) >= 11 is 11.9. The van der Waals surface area contributed by atoms with E-state index < -0.39 is 22.2 Å². The van der Waals surface area contributed by atoms with E-state index in [9.17, 15) is 21.6 Å². The standard InChI is InChI=1S/C18H17Cl2N5O2S.C2HF3O2/c19-13-3-4-15(14(20)11-13)28(26,27)24-16-10-12-2-1-5-22-17(12)18(23-16)25-8-6-21-7-9-25;3-2(4,5)1(6)7/h1-5,10-11,21H,6-9H2,(H,23,24);(H,6,7). The number of piperazine rings is 1. The number of carbonyl (C=O) groups is 1. The van der Waals surface area contributed by atoms with Crippen molar-refractivity contribution in [2.24, 2.45) is 0 Å². The van der Waals surface area contributed by atoms with Gasteiger partial charge in [0.25, 0.3) is 10.0 Å². The minimum absolute atomic E-state index is 0.0461. The molecule has 188 valence electrons. The number of hydrogen-bond donors (Lipinski definition) is 3. The molecule has 0 atom stereocenters. The van der Waals surface area contributed by atoms with Gasteiger partial charge in [0.1, 0.15) is 16.2 Å². The second-order valence-electron chi connectivity index (χ2n) is 7.13. The van der Waals surface area contributed by atoms with Gasteiger partial charge in [0.05, 0.1) is 5.02 Å². The predicted molar refractivity (Wildman–Crippen MR) is 126 cm³/mol. The van der Waals surface area contributed by atoms with E-state index in [-0.39, 0.29) is 15.7 Å². The number of aliphatic carboxylic acids is 1. The second-order valence-corrected chi connectivity index (χ2v) is 9.62. The Hall–Kier alpha value is -2.87. The Bertz CT molecular complexity index is 1340. The van der Waals surface area contributed by atoms with Gasteiger partial charge in [-0.3, -0.25) is 9.71 Å². The summed E-state index contributed by atoms with van der Waals surface area (Å²) < 4.78 is 59.9. The molecule has 3 N–H and O–H groups in total. The smallest absolute Gasteiger partial charge is 0.475 e. The highest BCUT2D eigenvalue weighted by Crippen LogP contribution is 2.30. The number of sulfonamides is 1. The maximum Gasteiger partial charge on any atom is 0.490 e. The number of carboxylic acids is 1. The third-order valence-corrected chi connectivity index (χ3v) is 6.72. The lowest BCUT2D eigenvalue weighted by Crippen LogP contribution is -2.44. The van der Waals surface area contributed by atoms with Crippen LogP contribution in [0.15, 0.2) is 47.5 Å². The van der Waals surface area contributed by atoms with Gasteiger partial charge in [-0.1, -0.05) is 29.3 Å². The molecule has 1 aliphatic rings. The summed E-state index contributed by atoms with van der Waals surface area (Å²) in [6, 6.07) is 9.58. The van der Waals surface area contributed by atoms with Gasteiger partial charge >= 0.3 is 12.1 Å². The van der Waals surface area contributed by atoms with Gasteiger partial charge in [0.2, 0.25) is 0 Å². The maximum atomic E-state index is 12.8. The number of benzene rings is 1. The first kappa shape index (κ1) is 26.7. The van der Waals surface area contributed by atoms with Crippen LogP contribution in [0.25, 0.3) is 10.9 Å². The van der Waals surface area contributed by atoms with Crippen LogP contribution < -0.4 is 14.9 Å². The number of anilines is 2. The number of aromatic nitrogens is 2. The highest BCUT2D eigenvalue weighted by molar-refractivity contribution is 7.92. The largest absolute Gasteiger partial charge is 0.490 e. The van der Waals surface area contributed by atoms with E-state index >= 15 is 0 Å². The molecule has 35 heavy (non-hydrogen) atoms. The molecule has 3 heterocycles. The highest BCUT2D eigenvalue weighted by atomic mass is 35.5. The van der Waals surface area contributed by atoms with E-state index in [1.807, 2.05) is 6.07 Å². The summed E-state index contributed by atoms with van der Waals surface area (Å²) in [5, 5.41) is 11.6. The molecule has 1 saturated heterocycles. The van der Waals surface area contributed by atoms with Crippen LogP contribution in [0, 0.1) is 0 Å². The Morgan fingerprint density at radius 2 is 1.80 bits per heavy atom. The molecule has 0 radical (unpaired) electrons. The number of nitrogens with zero attached hydrogens (tertiary/aromatic N) is 3. The summed E-state index contributed by atoms with van der Waals surface area (Å²) in [5.74, 6) is -1.90. The van der Waals surface area contributed by atoms with Crippen LogP contribution in [0.2, 0.25) is 10.0 Å². The number of fused-ring (bicyclic) bond motifs is 1. The third-order valence-electron chi connectivity index (χ3n) is 4.65. The van der Waals surface area contributed by atoms with Crippen molar-refractivity contribution in [1.29, 1.82) is 0 Å². The number of alkyl halides is 3. The highest BCUT2D eigenvalue weighted by Gasteiger charge is 2.38. The number of hydrogen-bond acceptors (Lipinski definition) is 7. The fourth-order valence-corrected chi connectivity index (χ4v) is 4.87. The number of carboxylic acid groups (broad SMARTS) is 1.